The third-order valence-electron chi connectivity index (χ3n) is 0.724. The Kier molecular flexibility index (Phi) is 2.10. The molecule has 0 atom stereocenters. The molecule has 1 aromatic rings. The molecule has 0 N–H and O–H groups in total. The average Bonchev–Trinajstić information content (AvgIpc) is 2.17. The van der Waals surface area contributed by atoms with Gasteiger partial charge in [0.1, 0.15) is 0 Å². The SMILES string of the molecule is CCOc1ncc(Br)o1. The number of hydrogen-bond donors (Lipinski definition) is 0. The fraction of sp³-hybridized carbons (Fsp3) is 0.400. The van der Waals surface area contributed by atoms with E-state index < -0.39 is 0 Å². The summed E-state index contributed by atoms with van der Waals surface area (Å²) in [4.78, 5) is 3.77. The van der Waals surface area contributed by atoms with Gasteiger partial charge in [-0.1, -0.05) is 0 Å². The van der Waals surface area contributed by atoms with Crippen molar-refractivity contribution in [2.45, 2.75) is 6.92 Å². The van der Waals surface area contributed by atoms with Crippen molar-refractivity contribution in [1.29, 1.82) is 0 Å². The van der Waals surface area contributed by atoms with Gasteiger partial charge in [-0.3, -0.25) is 0 Å². The van der Waals surface area contributed by atoms with Gasteiger partial charge in [-0.15, -0.1) is 0 Å². The second-order valence-corrected chi connectivity index (χ2v) is 2.14. The van der Waals surface area contributed by atoms with E-state index >= 15 is 0 Å². The molecule has 0 spiro atoms. The van der Waals surface area contributed by atoms with Gasteiger partial charge in [-0.25, -0.2) is 0 Å². The topological polar surface area (TPSA) is 35.3 Å². The molecule has 4 heteroatoms. The smallest absolute Gasteiger partial charge is 0.394 e. The first-order valence-electron chi connectivity index (χ1n) is 2.57. The summed E-state index contributed by atoms with van der Waals surface area (Å²) in [7, 11) is 0. The van der Waals surface area contributed by atoms with Gasteiger partial charge >= 0.3 is 6.08 Å². The first-order valence-corrected chi connectivity index (χ1v) is 3.36. The molecular weight excluding hydrogens is 186 g/mol. The van der Waals surface area contributed by atoms with Crippen LogP contribution < -0.4 is 4.74 Å². The van der Waals surface area contributed by atoms with E-state index in [4.69, 9.17) is 9.15 Å². The Hall–Kier alpha value is -0.510. The number of hydrogen-bond acceptors (Lipinski definition) is 3. The summed E-state index contributed by atoms with van der Waals surface area (Å²) in [5, 5.41) is 0. The lowest BCUT2D eigenvalue weighted by molar-refractivity contribution is 0.240. The van der Waals surface area contributed by atoms with Crippen LogP contribution in [0.2, 0.25) is 0 Å². The maximum absolute atomic E-state index is 4.92. The van der Waals surface area contributed by atoms with Crippen molar-refractivity contribution in [1.82, 2.24) is 4.98 Å². The fourth-order valence-corrected chi connectivity index (χ4v) is 0.671. The number of nitrogens with zero attached hydrogens (tertiary/aromatic N) is 1. The molecule has 0 aliphatic rings. The van der Waals surface area contributed by atoms with E-state index in [0.29, 0.717) is 17.4 Å². The monoisotopic (exact) mass is 191 g/mol. The molecule has 0 radical (unpaired) electrons. The first kappa shape index (κ1) is 6.61. The predicted molar refractivity (Wildman–Crippen MR) is 35.4 cm³/mol. The van der Waals surface area contributed by atoms with Crippen LogP contribution in [0.1, 0.15) is 6.92 Å². The molecule has 0 aliphatic carbocycles. The Morgan fingerprint density at radius 3 is 3.11 bits per heavy atom. The maximum atomic E-state index is 4.92. The van der Waals surface area contributed by atoms with Crippen LogP contribution in [0.5, 0.6) is 6.08 Å². The van der Waals surface area contributed by atoms with E-state index in [0.717, 1.165) is 0 Å². The second-order valence-electron chi connectivity index (χ2n) is 1.36. The predicted octanol–water partition coefficient (Wildman–Crippen LogP) is 1.84. The van der Waals surface area contributed by atoms with Crippen molar-refractivity contribution >= 4 is 15.9 Å². The van der Waals surface area contributed by atoms with Crippen LogP contribution in [0.15, 0.2) is 15.3 Å². The van der Waals surface area contributed by atoms with E-state index in [2.05, 4.69) is 20.9 Å². The number of ether oxygens (including phenoxy) is 1. The summed E-state index contributed by atoms with van der Waals surface area (Å²) in [5.74, 6) is 0. The molecule has 9 heavy (non-hydrogen) atoms. The van der Waals surface area contributed by atoms with E-state index in [1.807, 2.05) is 6.92 Å². The van der Waals surface area contributed by atoms with Crippen molar-refractivity contribution in [3.8, 4) is 6.08 Å². The highest BCUT2D eigenvalue weighted by atomic mass is 79.9. The summed E-state index contributed by atoms with van der Waals surface area (Å²) >= 11 is 3.09. The molecule has 0 unspecified atom stereocenters. The molecule has 0 fully saturated rings. The standard InChI is InChI=1S/C5H6BrNO2/c1-2-8-5-7-3-4(6)9-5/h3H,2H2,1H3. The molecule has 0 saturated heterocycles. The van der Waals surface area contributed by atoms with Gasteiger partial charge in [0.15, 0.2) is 4.67 Å². The minimum absolute atomic E-state index is 0.310. The molecule has 0 aliphatic heterocycles. The molecule has 3 nitrogen and oxygen atoms in total. The van der Waals surface area contributed by atoms with Crippen molar-refractivity contribution in [3.05, 3.63) is 10.9 Å². The lowest BCUT2D eigenvalue weighted by Crippen LogP contribution is -1.89. The molecule has 1 heterocycles. The van der Waals surface area contributed by atoms with Crippen molar-refractivity contribution in [2.75, 3.05) is 6.61 Å². The zero-order chi connectivity index (χ0) is 6.69. The zero-order valence-corrected chi connectivity index (χ0v) is 6.51. The van der Waals surface area contributed by atoms with Crippen LogP contribution in [0.4, 0.5) is 0 Å². The van der Waals surface area contributed by atoms with E-state index in [1.165, 1.54) is 0 Å². The third-order valence-corrected chi connectivity index (χ3v) is 1.09. The lowest BCUT2D eigenvalue weighted by Gasteiger charge is -1.91. The highest BCUT2D eigenvalue weighted by Crippen LogP contribution is 2.15. The number of aromatic nitrogens is 1. The molecular formula is C5H6BrNO2. The molecule has 0 saturated carbocycles. The van der Waals surface area contributed by atoms with Crippen molar-refractivity contribution in [2.24, 2.45) is 0 Å². The van der Waals surface area contributed by atoms with Crippen LogP contribution in [0.25, 0.3) is 0 Å². The summed E-state index contributed by atoms with van der Waals surface area (Å²) in [5.41, 5.74) is 0. The number of rotatable bonds is 2. The van der Waals surface area contributed by atoms with Gasteiger partial charge in [-0.05, 0) is 22.9 Å². The van der Waals surface area contributed by atoms with Crippen molar-refractivity contribution < 1.29 is 9.15 Å². The van der Waals surface area contributed by atoms with Gasteiger partial charge in [-0.2, -0.15) is 4.98 Å². The average molecular weight is 192 g/mol. The van der Waals surface area contributed by atoms with Gasteiger partial charge in [0, 0.05) is 0 Å². The summed E-state index contributed by atoms with van der Waals surface area (Å²) < 4.78 is 10.4. The highest BCUT2D eigenvalue weighted by Gasteiger charge is 1.98. The van der Waals surface area contributed by atoms with E-state index in [1.54, 1.807) is 6.20 Å². The third kappa shape index (κ3) is 1.71. The maximum Gasteiger partial charge on any atom is 0.394 e. The van der Waals surface area contributed by atoms with E-state index in [-0.39, 0.29) is 0 Å². The Balaban J connectivity index is 2.61. The Bertz CT molecular complexity index is 187. The Morgan fingerprint density at radius 2 is 2.67 bits per heavy atom. The second kappa shape index (κ2) is 2.87. The quantitative estimate of drug-likeness (QED) is 0.716. The molecule has 0 aromatic carbocycles. The Morgan fingerprint density at radius 1 is 1.89 bits per heavy atom. The minimum atomic E-state index is 0.310. The van der Waals surface area contributed by atoms with Crippen molar-refractivity contribution in [3.63, 3.8) is 0 Å². The van der Waals surface area contributed by atoms with Gasteiger partial charge in [0.25, 0.3) is 0 Å². The van der Waals surface area contributed by atoms with Crippen LogP contribution in [-0.4, -0.2) is 11.6 Å². The van der Waals surface area contributed by atoms with Crippen LogP contribution in [0.3, 0.4) is 0 Å². The molecule has 1 rings (SSSR count). The van der Waals surface area contributed by atoms with Crippen LogP contribution in [-0.2, 0) is 0 Å². The van der Waals surface area contributed by atoms with Gasteiger partial charge in [0.2, 0.25) is 0 Å². The summed E-state index contributed by atoms with van der Waals surface area (Å²) in [6, 6.07) is 0. The zero-order valence-electron chi connectivity index (χ0n) is 4.93. The molecule has 50 valence electrons. The van der Waals surface area contributed by atoms with Gasteiger partial charge in [0.05, 0.1) is 12.8 Å². The number of oxazole rings is 1. The Labute approximate surface area is 61.2 Å². The first-order chi connectivity index (χ1) is 4.33. The summed E-state index contributed by atoms with van der Waals surface area (Å²) in [6.45, 7) is 2.45. The normalized spacial score (nSPS) is 9.56. The minimum Gasteiger partial charge on any atom is -0.450 e. The largest absolute Gasteiger partial charge is 0.450 e. The van der Waals surface area contributed by atoms with Crippen LogP contribution in [0, 0.1) is 0 Å². The highest BCUT2D eigenvalue weighted by molar-refractivity contribution is 9.10. The number of halogens is 1. The fourth-order valence-electron chi connectivity index (χ4n) is 0.430. The molecule has 0 amide bonds. The lowest BCUT2D eigenvalue weighted by atomic mass is 10.9. The van der Waals surface area contributed by atoms with Gasteiger partial charge < -0.3 is 9.15 Å². The van der Waals surface area contributed by atoms with E-state index in [9.17, 15) is 0 Å². The van der Waals surface area contributed by atoms with Crippen LogP contribution >= 0.6 is 15.9 Å². The molecule has 1 aromatic heterocycles. The molecule has 0 bridgehead atoms. The summed E-state index contributed by atoms with van der Waals surface area (Å²) in [6.07, 6.45) is 1.86.